The molecule has 0 N–H and O–H groups in total. The maximum atomic E-state index is 13.5. The number of hydrogen-bond acceptors (Lipinski definition) is 4. The van der Waals surface area contributed by atoms with Crippen molar-refractivity contribution in [2.75, 3.05) is 19.6 Å². The van der Waals surface area contributed by atoms with Crippen LogP contribution in [0.25, 0.3) is 0 Å². The highest BCUT2D eigenvalue weighted by atomic mass is 16.5. The van der Waals surface area contributed by atoms with Crippen LogP contribution in [0, 0.1) is 6.92 Å². The van der Waals surface area contributed by atoms with Crippen molar-refractivity contribution in [2.45, 2.75) is 57.7 Å². The lowest BCUT2D eigenvalue weighted by Gasteiger charge is -2.36. The zero-order valence-corrected chi connectivity index (χ0v) is 19.5. The highest BCUT2D eigenvalue weighted by molar-refractivity contribution is 6.10. The van der Waals surface area contributed by atoms with Crippen LogP contribution in [0.1, 0.15) is 49.3 Å². The summed E-state index contributed by atoms with van der Waals surface area (Å²) in [6.07, 6.45) is 1.77. The second-order valence-electron chi connectivity index (χ2n) is 9.09. The fourth-order valence-electron chi connectivity index (χ4n) is 5.13. The zero-order valence-electron chi connectivity index (χ0n) is 19.5. The third kappa shape index (κ3) is 4.71. The van der Waals surface area contributed by atoms with Crippen LogP contribution >= 0.6 is 0 Å². The van der Waals surface area contributed by atoms with Crippen LogP contribution in [0.2, 0.25) is 0 Å². The molecule has 2 aromatic carbocycles. The monoisotopic (exact) mass is 448 g/mol. The molecule has 0 spiro atoms. The quantitative estimate of drug-likeness (QED) is 0.607. The molecule has 0 bridgehead atoms. The Balaban J connectivity index is 1.51. The summed E-state index contributed by atoms with van der Waals surface area (Å²) in [5, 5.41) is 0. The van der Waals surface area contributed by atoms with Gasteiger partial charge in [0.1, 0.15) is 0 Å². The molecule has 6 heteroatoms. The number of carbonyl (C=O) groups excluding carboxylic acids is 3. The lowest BCUT2D eigenvalue weighted by Crippen LogP contribution is -2.47. The molecule has 3 amide bonds. The van der Waals surface area contributed by atoms with Crippen molar-refractivity contribution in [3.63, 3.8) is 0 Å². The molecule has 2 atom stereocenters. The molecule has 2 aromatic rings. The van der Waals surface area contributed by atoms with Gasteiger partial charge in [0.2, 0.25) is 17.7 Å². The van der Waals surface area contributed by atoms with Crippen LogP contribution in [-0.2, 0) is 31.1 Å². The van der Waals surface area contributed by atoms with E-state index >= 15 is 0 Å². The molecular formula is C27H32N2O4. The molecule has 174 valence electrons. The number of amides is 3. The maximum absolute atomic E-state index is 13.5. The standard InChI is InChI=1S/C27H32N2O4/c1-3-29-25(31)17-27(26(29)32,23-14-8-7-10-20(23)2)16-24(30)28-15-9-13-22(18-28)33-19-21-11-5-4-6-12-21/h4-8,10-12,14,22H,3,9,13,15-19H2,1-2H3. The third-order valence-electron chi connectivity index (χ3n) is 6.90. The van der Waals surface area contributed by atoms with Crippen molar-refractivity contribution in [3.8, 4) is 0 Å². The number of nitrogens with zero attached hydrogens (tertiary/aromatic N) is 2. The molecule has 6 nitrogen and oxygen atoms in total. The molecule has 2 heterocycles. The summed E-state index contributed by atoms with van der Waals surface area (Å²) in [5.74, 6) is -0.557. The first-order chi connectivity index (χ1) is 15.9. The van der Waals surface area contributed by atoms with Gasteiger partial charge in [0.25, 0.3) is 0 Å². The number of piperidine rings is 1. The van der Waals surface area contributed by atoms with Crippen LogP contribution in [0.5, 0.6) is 0 Å². The van der Waals surface area contributed by atoms with Gasteiger partial charge < -0.3 is 9.64 Å². The summed E-state index contributed by atoms with van der Waals surface area (Å²) in [7, 11) is 0. The SMILES string of the molecule is CCN1C(=O)CC(CC(=O)N2CCCC(OCc3ccccc3)C2)(c2ccccc2C)C1=O. The summed E-state index contributed by atoms with van der Waals surface area (Å²) < 4.78 is 6.10. The van der Waals surface area contributed by atoms with Crippen molar-refractivity contribution in [2.24, 2.45) is 0 Å². The molecule has 0 aromatic heterocycles. The first kappa shape index (κ1) is 23.2. The number of hydrogen-bond donors (Lipinski definition) is 0. The van der Waals surface area contributed by atoms with E-state index < -0.39 is 5.41 Å². The minimum Gasteiger partial charge on any atom is -0.372 e. The predicted octanol–water partition coefficient (Wildman–Crippen LogP) is 3.61. The van der Waals surface area contributed by atoms with E-state index in [-0.39, 0.29) is 36.7 Å². The Morgan fingerprint density at radius 1 is 1.09 bits per heavy atom. The Kier molecular flexibility index (Phi) is 6.94. The normalized spacial score (nSPS) is 23.3. The Morgan fingerprint density at radius 2 is 1.82 bits per heavy atom. The Labute approximate surface area is 195 Å². The number of benzene rings is 2. The van der Waals surface area contributed by atoms with E-state index in [4.69, 9.17) is 4.74 Å². The van der Waals surface area contributed by atoms with E-state index in [0.717, 1.165) is 29.5 Å². The first-order valence-electron chi connectivity index (χ1n) is 11.8. The second kappa shape index (κ2) is 9.87. The highest BCUT2D eigenvalue weighted by Gasteiger charge is 2.54. The van der Waals surface area contributed by atoms with Crippen LogP contribution in [0.4, 0.5) is 0 Å². The van der Waals surface area contributed by atoms with Gasteiger partial charge in [0, 0.05) is 32.5 Å². The van der Waals surface area contributed by atoms with Crippen LogP contribution in [-0.4, -0.2) is 53.3 Å². The van der Waals surface area contributed by atoms with Crippen molar-refractivity contribution in [3.05, 3.63) is 71.3 Å². The molecule has 2 saturated heterocycles. The second-order valence-corrected chi connectivity index (χ2v) is 9.09. The maximum Gasteiger partial charge on any atom is 0.240 e. The molecule has 2 aliphatic rings. The number of carbonyl (C=O) groups is 3. The van der Waals surface area contributed by atoms with Crippen molar-refractivity contribution >= 4 is 17.7 Å². The molecule has 2 aliphatic heterocycles. The molecule has 0 aliphatic carbocycles. The lowest BCUT2D eigenvalue weighted by molar-refractivity contribution is -0.143. The van der Waals surface area contributed by atoms with Gasteiger partial charge in [0.05, 0.1) is 18.1 Å². The predicted molar refractivity (Wildman–Crippen MR) is 125 cm³/mol. The largest absolute Gasteiger partial charge is 0.372 e. The van der Waals surface area contributed by atoms with Gasteiger partial charge >= 0.3 is 0 Å². The van der Waals surface area contributed by atoms with Gasteiger partial charge in [-0.3, -0.25) is 19.3 Å². The molecule has 2 fully saturated rings. The fourth-order valence-corrected chi connectivity index (χ4v) is 5.13. The number of aryl methyl sites for hydroxylation is 1. The van der Waals surface area contributed by atoms with Gasteiger partial charge in [-0.1, -0.05) is 54.6 Å². The average Bonchev–Trinajstić information content (AvgIpc) is 3.07. The topological polar surface area (TPSA) is 66.9 Å². The van der Waals surface area contributed by atoms with Gasteiger partial charge in [-0.15, -0.1) is 0 Å². The summed E-state index contributed by atoms with van der Waals surface area (Å²) in [6, 6.07) is 17.6. The molecule has 0 radical (unpaired) electrons. The van der Waals surface area contributed by atoms with E-state index in [2.05, 4.69) is 0 Å². The van der Waals surface area contributed by atoms with E-state index in [9.17, 15) is 14.4 Å². The summed E-state index contributed by atoms with van der Waals surface area (Å²) in [4.78, 5) is 42.8. The van der Waals surface area contributed by atoms with Gasteiger partial charge in [-0.25, -0.2) is 0 Å². The smallest absolute Gasteiger partial charge is 0.240 e. The van der Waals surface area contributed by atoms with Gasteiger partial charge in [-0.2, -0.15) is 0 Å². The minimum atomic E-state index is -1.13. The van der Waals surface area contributed by atoms with Gasteiger partial charge in [-0.05, 0) is 43.4 Å². The molecule has 0 saturated carbocycles. The van der Waals surface area contributed by atoms with Gasteiger partial charge in [0.15, 0.2) is 0 Å². The summed E-state index contributed by atoms with van der Waals surface area (Å²) in [5.41, 5.74) is 1.68. The molecule has 2 unspecified atom stereocenters. The fraction of sp³-hybridized carbons (Fsp3) is 0.444. The van der Waals surface area contributed by atoms with Crippen LogP contribution in [0.3, 0.4) is 0 Å². The highest BCUT2D eigenvalue weighted by Crippen LogP contribution is 2.41. The van der Waals surface area contributed by atoms with Crippen molar-refractivity contribution in [1.29, 1.82) is 0 Å². The minimum absolute atomic E-state index is 0.00430. The summed E-state index contributed by atoms with van der Waals surface area (Å²) >= 11 is 0. The van der Waals surface area contributed by atoms with E-state index in [1.54, 1.807) is 6.92 Å². The van der Waals surface area contributed by atoms with Crippen molar-refractivity contribution in [1.82, 2.24) is 9.80 Å². The number of likely N-dealkylation sites (N-methyl/N-ethyl adjacent to an activating group) is 1. The number of ether oxygens (including phenoxy) is 1. The average molecular weight is 449 g/mol. The van der Waals surface area contributed by atoms with E-state index in [1.165, 1.54) is 4.90 Å². The number of likely N-dealkylation sites (tertiary alicyclic amines) is 2. The molecule has 4 rings (SSSR count). The van der Waals surface area contributed by atoms with Crippen LogP contribution in [0.15, 0.2) is 54.6 Å². The Morgan fingerprint density at radius 3 is 2.52 bits per heavy atom. The van der Waals surface area contributed by atoms with E-state index in [1.807, 2.05) is 66.4 Å². The summed E-state index contributed by atoms with van der Waals surface area (Å²) in [6.45, 7) is 5.72. The first-order valence-corrected chi connectivity index (χ1v) is 11.8. The lowest BCUT2D eigenvalue weighted by atomic mass is 9.73. The molecule has 33 heavy (non-hydrogen) atoms. The zero-order chi connectivity index (χ0) is 23.4. The Hall–Kier alpha value is -2.99. The third-order valence-corrected chi connectivity index (χ3v) is 6.90. The van der Waals surface area contributed by atoms with Crippen molar-refractivity contribution < 1.29 is 19.1 Å². The van der Waals surface area contributed by atoms with E-state index in [0.29, 0.717) is 26.2 Å². The Bertz CT molecular complexity index is 1020. The molecular weight excluding hydrogens is 416 g/mol. The van der Waals surface area contributed by atoms with Crippen LogP contribution < -0.4 is 0 Å². The number of rotatable bonds is 7. The number of imide groups is 1.